The Bertz CT molecular complexity index is 682. The highest BCUT2D eigenvalue weighted by Crippen LogP contribution is 2.15. The summed E-state index contributed by atoms with van der Waals surface area (Å²) in [4.78, 5) is 4.19. The van der Waals surface area contributed by atoms with E-state index in [2.05, 4.69) is 20.2 Å². The Morgan fingerprint density at radius 1 is 1.25 bits per heavy atom. The Hall–Kier alpha value is -1.77. The van der Waals surface area contributed by atoms with Crippen LogP contribution in [0.5, 0.6) is 0 Å². The van der Waals surface area contributed by atoms with Crippen LogP contribution in [0.15, 0.2) is 33.7 Å². The zero-order valence-corrected chi connectivity index (χ0v) is 12.1. The van der Waals surface area contributed by atoms with E-state index < -0.39 is 10.0 Å². The van der Waals surface area contributed by atoms with Crippen molar-refractivity contribution < 1.29 is 12.9 Å². The monoisotopic (exact) mass is 296 g/mol. The fraction of sp³-hybridized carbons (Fsp3) is 0.333. The minimum absolute atomic E-state index is 0.0307. The van der Waals surface area contributed by atoms with Crippen LogP contribution >= 0.6 is 0 Å². The molecule has 0 atom stereocenters. The molecule has 1 aromatic heterocycles. The van der Waals surface area contributed by atoms with Gasteiger partial charge in [0.1, 0.15) is 0 Å². The number of hydrogen-bond acceptors (Lipinski definition) is 6. The first-order valence-electron chi connectivity index (χ1n) is 6.04. The molecule has 2 rings (SSSR count). The van der Waals surface area contributed by atoms with Crippen LogP contribution in [0, 0.1) is 6.92 Å². The van der Waals surface area contributed by atoms with Crippen molar-refractivity contribution >= 4 is 10.0 Å². The lowest BCUT2D eigenvalue weighted by atomic mass is 10.2. The number of benzene rings is 1. The highest BCUT2D eigenvalue weighted by molar-refractivity contribution is 7.89. The van der Waals surface area contributed by atoms with Crippen molar-refractivity contribution in [1.82, 2.24) is 20.2 Å². The third kappa shape index (κ3) is 3.41. The first kappa shape index (κ1) is 14.6. The van der Waals surface area contributed by atoms with Gasteiger partial charge in [0.25, 0.3) is 0 Å². The van der Waals surface area contributed by atoms with Crippen LogP contribution in [-0.2, 0) is 23.1 Å². The molecule has 1 aromatic carbocycles. The zero-order valence-electron chi connectivity index (χ0n) is 11.3. The number of nitrogens with one attached hydrogen (secondary N) is 2. The maximum Gasteiger partial charge on any atom is 0.241 e. The average Bonchev–Trinajstić information content (AvgIpc) is 2.83. The summed E-state index contributed by atoms with van der Waals surface area (Å²) in [6.45, 7) is 2.11. The largest absolute Gasteiger partial charge is 0.338 e. The molecule has 2 aromatic rings. The maximum absolute atomic E-state index is 12.3. The quantitative estimate of drug-likeness (QED) is 0.809. The smallest absolute Gasteiger partial charge is 0.241 e. The summed E-state index contributed by atoms with van der Waals surface area (Å²) >= 11 is 0. The van der Waals surface area contributed by atoms with Gasteiger partial charge in [0.15, 0.2) is 5.82 Å². The molecule has 0 aliphatic rings. The van der Waals surface area contributed by atoms with Gasteiger partial charge in [-0.3, -0.25) is 0 Å². The molecule has 20 heavy (non-hydrogen) atoms. The van der Waals surface area contributed by atoms with Crippen molar-refractivity contribution in [2.45, 2.75) is 24.9 Å². The number of sulfonamides is 1. The van der Waals surface area contributed by atoms with Crippen LogP contribution in [0.3, 0.4) is 0 Å². The summed E-state index contributed by atoms with van der Waals surface area (Å²) in [5, 5.41) is 6.55. The van der Waals surface area contributed by atoms with Crippen molar-refractivity contribution in [1.29, 1.82) is 0 Å². The van der Waals surface area contributed by atoms with Gasteiger partial charge < -0.3 is 9.84 Å². The van der Waals surface area contributed by atoms with E-state index >= 15 is 0 Å². The summed E-state index contributed by atoms with van der Waals surface area (Å²) < 4.78 is 31.9. The Balaban J connectivity index is 2.18. The van der Waals surface area contributed by atoms with Gasteiger partial charge in [-0.25, -0.2) is 13.1 Å². The minimum Gasteiger partial charge on any atom is -0.338 e. The summed E-state index contributed by atoms with van der Waals surface area (Å²) in [6.07, 6.45) is 0. The van der Waals surface area contributed by atoms with Gasteiger partial charge in [0.2, 0.25) is 15.9 Å². The molecule has 1 heterocycles. The lowest BCUT2D eigenvalue weighted by Crippen LogP contribution is -2.25. The second kappa shape index (κ2) is 6.12. The van der Waals surface area contributed by atoms with Crippen molar-refractivity contribution in [3.63, 3.8) is 0 Å². The lowest BCUT2D eigenvalue weighted by molar-refractivity contribution is 0.372. The third-order valence-electron chi connectivity index (χ3n) is 2.61. The summed E-state index contributed by atoms with van der Waals surface area (Å²) in [6, 6.07) is 6.81. The molecule has 0 spiro atoms. The molecule has 0 fully saturated rings. The Morgan fingerprint density at radius 2 is 2.00 bits per heavy atom. The SMILES string of the molecule is CNCc1ccccc1S(=O)(=O)NCc1nc(C)no1. The van der Waals surface area contributed by atoms with Crippen LogP contribution < -0.4 is 10.0 Å². The molecule has 8 heteroatoms. The predicted octanol–water partition coefficient (Wildman–Crippen LogP) is 0.576. The Kier molecular flexibility index (Phi) is 4.48. The van der Waals surface area contributed by atoms with Crippen molar-refractivity contribution in [2.75, 3.05) is 7.05 Å². The molecule has 7 nitrogen and oxygen atoms in total. The second-order valence-corrected chi connectivity index (χ2v) is 5.93. The van der Waals surface area contributed by atoms with Crippen LogP contribution in [0.1, 0.15) is 17.3 Å². The van der Waals surface area contributed by atoms with E-state index in [0.29, 0.717) is 17.9 Å². The van der Waals surface area contributed by atoms with Gasteiger partial charge >= 0.3 is 0 Å². The van der Waals surface area contributed by atoms with Gasteiger partial charge in [0, 0.05) is 6.54 Å². The summed E-state index contributed by atoms with van der Waals surface area (Å²) in [5.41, 5.74) is 0.698. The molecule has 0 radical (unpaired) electrons. The van der Waals surface area contributed by atoms with Gasteiger partial charge in [0.05, 0.1) is 11.4 Å². The average molecular weight is 296 g/mol. The standard InChI is InChI=1S/C12H16N4O3S/c1-9-15-12(19-16-9)8-14-20(17,18)11-6-4-3-5-10(11)7-13-2/h3-6,13-14H,7-8H2,1-2H3. The third-order valence-corrected chi connectivity index (χ3v) is 4.11. The van der Waals surface area contributed by atoms with Crippen molar-refractivity contribution in [3.05, 3.63) is 41.5 Å². The molecule has 108 valence electrons. The van der Waals surface area contributed by atoms with Crippen molar-refractivity contribution in [2.24, 2.45) is 0 Å². The van der Waals surface area contributed by atoms with Crippen LogP contribution in [0.25, 0.3) is 0 Å². The Morgan fingerprint density at radius 3 is 2.65 bits per heavy atom. The molecule has 0 aliphatic carbocycles. The normalized spacial score (nSPS) is 11.7. The first-order valence-corrected chi connectivity index (χ1v) is 7.52. The molecular weight excluding hydrogens is 280 g/mol. The van der Waals surface area contributed by atoms with E-state index in [0.717, 1.165) is 0 Å². The lowest BCUT2D eigenvalue weighted by Gasteiger charge is -2.10. The first-order chi connectivity index (χ1) is 9.53. The van der Waals surface area contributed by atoms with Gasteiger partial charge in [-0.15, -0.1) is 0 Å². The highest BCUT2D eigenvalue weighted by Gasteiger charge is 2.18. The predicted molar refractivity (Wildman–Crippen MR) is 72.3 cm³/mol. The fourth-order valence-corrected chi connectivity index (χ4v) is 2.96. The number of aryl methyl sites for hydroxylation is 1. The molecule has 0 unspecified atom stereocenters. The van der Waals surface area contributed by atoms with E-state index in [9.17, 15) is 8.42 Å². The molecule has 0 saturated heterocycles. The fourth-order valence-electron chi connectivity index (χ4n) is 1.75. The van der Waals surface area contributed by atoms with Crippen LogP contribution in [0.4, 0.5) is 0 Å². The number of hydrogen-bond donors (Lipinski definition) is 2. The molecule has 0 amide bonds. The topological polar surface area (TPSA) is 97.1 Å². The minimum atomic E-state index is -3.62. The van der Waals surface area contributed by atoms with Crippen molar-refractivity contribution in [3.8, 4) is 0 Å². The number of rotatable bonds is 6. The van der Waals surface area contributed by atoms with Crippen LogP contribution in [0.2, 0.25) is 0 Å². The molecule has 0 aliphatic heterocycles. The number of aromatic nitrogens is 2. The zero-order chi connectivity index (χ0) is 14.6. The molecule has 0 bridgehead atoms. The van der Waals surface area contributed by atoms with E-state index in [1.165, 1.54) is 0 Å². The van der Waals surface area contributed by atoms with Gasteiger partial charge in [-0.05, 0) is 25.6 Å². The van der Waals surface area contributed by atoms with E-state index in [-0.39, 0.29) is 17.3 Å². The van der Waals surface area contributed by atoms with E-state index in [1.54, 1.807) is 38.2 Å². The second-order valence-electron chi connectivity index (χ2n) is 4.20. The van der Waals surface area contributed by atoms with E-state index in [1.807, 2.05) is 0 Å². The number of nitrogens with zero attached hydrogens (tertiary/aromatic N) is 2. The van der Waals surface area contributed by atoms with E-state index in [4.69, 9.17) is 4.52 Å². The van der Waals surface area contributed by atoms with Gasteiger partial charge in [-0.2, -0.15) is 4.98 Å². The molecule has 2 N–H and O–H groups in total. The maximum atomic E-state index is 12.3. The summed E-state index contributed by atoms with van der Waals surface area (Å²) in [7, 11) is -1.86. The van der Waals surface area contributed by atoms with Gasteiger partial charge in [-0.1, -0.05) is 23.4 Å². The summed E-state index contributed by atoms with van der Waals surface area (Å²) in [5.74, 6) is 0.701. The molecule has 0 saturated carbocycles. The van der Waals surface area contributed by atoms with Crippen LogP contribution in [-0.4, -0.2) is 25.6 Å². The Labute approximate surface area is 117 Å². The highest BCUT2D eigenvalue weighted by atomic mass is 32.2. The molecular formula is C12H16N4O3S.